The van der Waals surface area contributed by atoms with E-state index in [1.165, 1.54) is 19.4 Å². The highest BCUT2D eigenvalue weighted by molar-refractivity contribution is 5.89. The van der Waals surface area contributed by atoms with Gasteiger partial charge in [-0.2, -0.15) is 0 Å². The zero-order chi connectivity index (χ0) is 23.2. The maximum absolute atomic E-state index is 13.9. The van der Waals surface area contributed by atoms with Crippen LogP contribution in [0, 0.1) is 5.82 Å². The molecule has 0 atom stereocenters. The summed E-state index contributed by atoms with van der Waals surface area (Å²) in [6.45, 7) is 0.380. The number of carbonyl (C=O) groups excluding carboxylic acids is 2. The highest BCUT2D eigenvalue weighted by Crippen LogP contribution is 2.27. The Balaban J connectivity index is 1.57. The van der Waals surface area contributed by atoms with Gasteiger partial charge in [0, 0.05) is 24.7 Å². The Morgan fingerprint density at radius 1 is 1.09 bits per heavy atom. The number of pyridine rings is 2. The summed E-state index contributed by atoms with van der Waals surface area (Å²) in [5.74, 6) is -1.08. The van der Waals surface area contributed by atoms with Gasteiger partial charge in [-0.1, -0.05) is 36.4 Å². The van der Waals surface area contributed by atoms with Gasteiger partial charge in [-0.15, -0.1) is 0 Å². The molecule has 0 saturated heterocycles. The van der Waals surface area contributed by atoms with Gasteiger partial charge < -0.3 is 14.8 Å². The van der Waals surface area contributed by atoms with Crippen molar-refractivity contribution >= 4 is 17.7 Å². The number of nitrogens with zero attached hydrogens (tertiary/aromatic N) is 3. The van der Waals surface area contributed by atoms with Crippen LogP contribution < -0.4 is 5.32 Å². The summed E-state index contributed by atoms with van der Waals surface area (Å²) in [6.07, 6.45) is 2.34. The Morgan fingerprint density at radius 2 is 1.91 bits per heavy atom. The van der Waals surface area contributed by atoms with E-state index in [-0.39, 0.29) is 18.8 Å². The molecule has 8 nitrogen and oxygen atoms in total. The monoisotopic (exact) mass is 448 g/mol. The average Bonchev–Trinajstić information content (AvgIpc) is 3.21. The first-order valence-electron chi connectivity index (χ1n) is 10.2. The molecule has 33 heavy (non-hydrogen) atoms. The molecule has 4 rings (SSSR count). The maximum Gasteiger partial charge on any atom is 0.407 e. The zero-order valence-electron chi connectivity index (χ0n) is 17.8. The summed E-state index contributed by atoms with van der Waals surface area (Å²) >= 11 is 0. The van der Waals surface area contributed by atoms with E-state index in [1.54, 1.807) is 22.6 Å². The molecule has 0 saturated carbocycles. The van der Waals surface area contributed by atoms with Crippen molar-refractivity contribution < 1.29 is 23.5 Å². The third-order valence-electron chi connectivity index (χ3n) is 4.93. The lowest BCUT2D eigenvalue weighted by Crippen LogP contribution is -2.26. The highest BCUT2D eigenvalue weighted by Gasteiger charge is 2.20. The van der Waals surface area contributed by atoms with Crippen LogP contribution in [0.25, 0.3) is 16.9 Å². The molecule has 3 heterocycles. The number of nitrogens with one attached hydrogen (secondary N) is 1. The Bertz CT molecular complexity index is 1290. The minimum absolute atomic E-state index is 0.156. The number of carbonyl (C=O) groups is 2. The van der Waals surface area contributed by atoms with Gasteiger partial charge in [-0.25, -0.2) is 19.0 Å². The molecule has 0 aliphatic rings. The van der Waals surface area contributed by atoms with E-state index in [9.17, 15) is 14.0 Å². The van der Waals surface area contributed by atoms with E-state index in [2.05, 4.69) is 15.3 Å². The number of rotatable bonds is 7. The molecule has 3 aromatic heterocycles. The van der Waals surface area contributed by atoms with E-state index in [4.69, 9.17) is 9.47 Å². The van der Waals surface area contributed by atoms with Crippen molar-refractivity contribution in [1.29, 1.82) is 0 Å². The van der Waals surface area contributed by atoms with Crippen molar-refractivity contribution in [2.45, 2.75) is 13.0 Å². The molecule has 1 N–H and O–H groups in total. The third-order valence-corrected chi connectivity index (χ3v) is 4.93. The van der Waals surface area contributed by atoms with Gasteiger partial charge in [0.15, 0.2) is 0 Å². The van der Waals surface area contributed by atoms with Crippen LogP contribution in [0.3, 0.4) is 0 Å². The van der Waals surface area contributed by atoms with Gasteiger partial charge >= 0.3 is 12.1 Å². The highest BCUT2D eigenvalue weighted by atomic mass is 19.1. The summed E-state index contributed by atoms with van der Waals surface area (Å²) in [5, 5.41) is 2.69. The first-order valence-corrected chi connectivity index (χ1v) is 10.2. The van der Waals surface area contributed by atoms with Gasteiger partial charge in [-0.3, -0.25) is 9.38 Å². The maximum atomic E-state index is 13.9. The number of benzene rings is 1. The van der Waals surface area contributed by atoms with Crippen molar-refractivity contribution in [3.05, 3.63) is 89.8 Å². The topological polar surface area (TPSA) is 94.8 Å². The van der Waals surface area contributed by atoms with Crippen molar-refractivity contribution in [2.24, 2.45) is 0 Å². The summed E-state index contributed by atoms with van der Waals surface area (Å²) in [5.41, 5.74) is 3.10. The standard InChI is InChI=1S/C24H21FN4O4/c1-32-23(30)20-8-5-9-21-28-19(22(29(20)21)17-12-18(25)14-26-13-17)10-11-27-24(31)33-15-16-6-3-2-4-7-16/h2-9,12-14H,10-11,15H2,1H3,(H,27,31). The van der Waals surface area contributed by atoms with Crippen LogP contribution in [0.2, 0.25) is 0 Å². The minimum atomic E-state index is -0.563. The predicted octanol–water partition coefficient (Wildman–Crippen LogP) is 3.79. The van der Waals surface area contributed by atoms with E-state index in [0.29, 0.717) is 29.0 Å². The minimum Gasteiger partial charge on any atom is -0.464 e. The molecule has 1 amide bonds. The molecule has 0 bridgehead atoms. The first kappa shape index (κ1) is 21.9. The second-order valence-corrected chi connectivity index (χ2v) is 7.13. The van der Waals surface area contributed by atoms with Crippen LogP contribution in [0.5, 0.6) is 0 Å². The quantitative estimate of drug-likeness (QED) is 0.432. The molecular weight excluding hydrogens is 427 g/mol. The summed E-state index contributed by atoms with van der Waals surface area (Å²) in [7, 11) is 1.29. The number of halogens is 1. The SMILES string of the molecule is COC(=O)c1cccc2nc(CCNC(=O)OCc3ccccc3)c(-c3cncc(F)c3)n12. The third kappa shape index (κ3) is 4.98. The van der Waals surface area contributed by atoms with Crippen LogP contribution in [0.4, 0.5) is 9.18 Å². The molecule has 1 aromatic carbocycles. The lowest BCUT2D eigenvalue weighted by Gasteiger charge is -2.10. The number of ether oxygens (including phenoxy) is 2. The molecule has 0 spiro atoms. The molecule has 9 heteroatoms. The molecule has 168 valence electrons. The van der Waals surface area contributed by atoms with Crippen LogP contribution >= 0.6 is 0 Å². The van der Waals surface area contributed by atoms with Crippen LogP contribution in [0.1, 0.15) is 21.7 Å². The number of methoxy groups -OCH3 is 1. The van der Waals surface area contributed by atoms with Crippen molar-refractivity contribution in [1.82, 2.24) is 19.7 Å². The van der Waals surface area contributed by atoms with Crippen LogP contribution in [-0.4, -0.2) is 40.1 Å². The summed E-state index contributed by atoms with van der Waals surface area (Å²) < 4.78 is 25.7. The smallest absolute Gasteiger partial charge is 0.407 e. The molecule has 0 aliphatic carbocycles. The van der Waals surface area contributed by atoms with Crippen molar-refractivity contribution in [3.8, 4) is 11.3 Å². The Morgan fingerprint density at radius 3 is 2.67 bits per heavy atom. The number of alkyl carbamates (subject to hydrolysis) is 1. The number of esters is 1. The van der Waals surface area contributed by atoms with E-state index in [0.717, 1.165) is 11.8 Å². The normalized spacial score (nSPS) is 10.7. The van der Waals surface area contributed by atoms with Gasteiger partial charge in [0.05, 0.1) is 24.7 Å². The molecule has 0 unspecified atom stereocenters. The lowest BCUT2D eigenvalue weighted by molar-refractivity contribution is 0.0592. The van der Waals surface area contributed by atoms with Gasteiger partial charge in [0.1, 0.15) is 23.8 Å². The second-order valence-electron chi connectivity index (χ2n) is 7.13. The molecule has 0 fully saturated rings. The molecule has 4 aromatic rings. The Labute approximate surface area is 189 Å². The predicted molar refractivity (Wildman–Crippen MR) is 118 cm³/mol. The fourth-order valence-electron chi connectivity index (χ4n) is 3.47. The number of imidazole rings is 1. The Hall–Kier alpha value is -4.27. The summed E-state index contributed by atoms with van der Waals surface area (Å²) in [4.78, 5) is 32.9. The largest absolute Gasteiger partial charge is 0.464 e. The number of hydrogen-bond acceptors (Lipinski definition) is 6. The van der Waals surface area contributed by atoms with Crippen molar-refractivity contribution in [3.63, 3.8) is 0 Å². The number of aromatic nitrogens is 3. The van der Waals surface area contributed by atoms with E-state index < -0.39 is 17.9 Å². The fraction of sp³-hybridized carbons (Fsp3) is 0.167. The second kappa shape index (κ2) is 9.90. The van der Waals surface area contributed by atoms with Crippen LogP contribution in [0.15, 0.2) is 67.0 Å². The van der Waals surface area contributed by atoms with Crippen molar-refractivity contribution in [2.75, 3.05) is 13.7 Å². The van der Waals surface area contributed by atoms with Crippen LogP contribution in [-0.2, 0) is 22.5 Å². The lowest BCUT2D eigenvalue weighted by atomic mass is 10.1. The fourth-order valence-corrected chi connectivity index (χ4v) is 3.47. The molecule has 0 radical (unpaired) electrons. The number of fused-ring (bicyclic) bond motifs is 1. The summed E-state index contributed by atoms with van der Waals surface area (Å²) in [6, 6.07) is 15.7. The van der Waals surface area contributed by atoms with Gasteiger partial charge in [0.2, 0.25) is 0 Å². The van der Waals surface area contributed by atoms with E-state index in [1.807, 2.05) is 30.3 Å². The first-order chi connectivity index (χ1) is 16.1. The van der Waals surface area contributed by atoms with E-state index >= 15 is 0 Å². The van der Waals surface area contributed by atoms with Gasteiger partial charge in [0.25, 0.3) is 0 Å². The Kier molecular flexibility index (Phi) is 6.58. The molecular formula is C24H21FN4O4. The number of amides is 1. The van der Waals surface area contributed by atoms with Gasteiger partial charge in [-0.05, 0) is 23.8 Å². The number of hydrogen-bond donors (Lipinski definition) is 1. The molecule has 0 aliphatic heterocycles. The zero-order valence-corrected chi connectivity index (χ0v) is 17.8. The average molecular weight is 448 g/mol.